The molecule has 0 spiro atoms. The fourth-order valence-corrected chi connectivity index (χ4v) is 3.85. The van der Waals surface area contributed by atoms with E-state index in [4.69, 9.17) is 0 Å². The molecule has 154 valence electrons. The van der Waals surface area contributed by atoms with Crippen LogP contribution in [-0.2, 0) is 29.6 Å². The third kappa shape index (κ3) is 4.61. The summed E-state index contributed by atoms with van der Waals surface area (Å²) in [5, 5.41) is 3.00. The van der Waals surface area contributed by atoms with Crippen molar-refractivity contribution in [2.45, 2.75) is 24.5 Å². The van der Waals surface area contributed by atoms with Crippen LogP contribution in [0.1, 0.15) is 18.1 Å². The number of sulfone groups is 1. The molecule has 5 nitrogen and oxygen atoms in total. The maximum absolute atomic E-state index is 13.2. The Bertz CT molecular complexity index is 1120. The Hall–Kier alpha value is -2.81. The Kier molecular flexibility index (Phi) is 5.70. The minimum Gasteiger partial charge on any atom is -0.380 e. The topological polar surface area (TPSA) is 64.0 Å². The average Bonchev–Trinajstić information content (AvgIpc) is 3.12. The average molecular weight is 423 g/mol. The van der Waals surface area contributed by atoms with E-state index in [0.29, 0.717) is 16.9 Å². The first-order valence-electron chi connectivity index (χ1n) is 8.86. The lowest BCUT2D eigenvalue weighted by Crippen LogP contribution is -2.12. The van der Waals surface area contributed by atoms with Gasteiger partial charge >= 0.3 is 6.18 Å². The molecule has 0 aliphatic heterocycles. The molecule has 0 fully saturated rings. The lowest BCUT2D eigenvalue weighted by Gasteiger charge is -2.16. The number of aryl methyl sites for hydroxylation is 1. The second kappa shape index (κ2) is 7.90. The van der Waals surface area contributed by atoms with Gasteiger partial charge in [0.15, 0.2) is 9.84 Å². The lowest BCUT2D eigenvalue weighted by molar-refractivity contribution is -0.138. The van der Waals surface area contributed by atoms with Crippen LogP contribution >= 0.6 is 0 Å². The van der Waals surface area contributed by atoms with E-state index in [1.165, 1.54) is 24.3 Å². The highest BCUT2D eigenvalue weighted by atomic mass is 32.2. The van der Waals surface area contributed by atoms with Gasteiger partial charge in [-0.25, -0.2) is 13.4 Å². The number of alkyl halides is 3. The van der Waals surface area contributed by atoms with E-state index < -0.39 is 21.6 Å². The molecule has 0 atom stereocenters. The fraction of sp³-hybridized carbons (Fsp3) is 0.250. The van der Waals surface area contributed by atoms with E-state index in [1.807, 2.05) is 0 Å². The predicted molar refractivity (Wildman–Crippen MR) is 105 cm³/mol. The number of anilines is 1. The van der Waals surface area contributed by atoms with Crippen LogP contribution in [0.4, 0.5) is 18.9 Å². The van der Waals surface area contributed by atoms with E-state index in [0.717, 1.165) is 6.07 Å². The first-order chi connectivity index (χ1) is 13.6. The van der Waals surface area contributed by atoms with E-state index in [-0.39, 0.29) is 22.8 Å². The summed E-state index contributed by atoms with van der Waals surface area (Å²) in [5.74, 6) is -0.0552. The third-order valence-electron chi connectivity index (χ3n) is 4.50. The second-order valence-corrected chi connectivity index (χ2v) is 8.82. The minimum atomic E-state index is -4.46. The maximum Gasteiger partial charge on any atom is 0.416 e. The molecule has 29 heavy (non-hydrogen) atoms. The van der Waals surface area contributed by atoms with Gasteiger partial charge in [0.1, 0.15) is 0 Å². The second-order valence-electron chi connectivity index (χ2n) is 6.54. The monoisotopic (exact) mass is 423 g/mol. The number of halogens is 3. The summed E-state index contributed by atoms with van der Waals surface area (Å²) >= 11 is 0. The highest BCUT2D eigenvalue weighted by Crippen LogP contribution is 2.34. The molecule has 0 saturated carbocycles. The van der Waals surface area contributed by atoms with Crippen LogP contribution in [0.5, 0.6) is 0 Å². The van der Waals surface area contributed by atoms with Gasteiger partial charge in [0, 0.05) is 31.0 Å². The molecule has 1 heterocycles. The quantitative estimate of drug-likeness (QED) is 0.634. The normalized spacial score (nSPS) is 12.2. The van der Waals surface area contributed by atoms with Crippen LogP contribution < -0.4 is 5.32 Å². The van der Waals surface area contributed by atoms with Gasteiger partial charge in [0.25, 0.3) is 0 Å². The number of nitrogens with one attached hydrogen (secondary N) is 1. The van der Waals surface area contributed by atoms with Crippen LogP contribution in [0.25, 0.3) is 11.3 Å². The van der Waals surface area contributed by atoms with Crippen LogP contribution in [0, 0.1) is 0 Å². The van der Waals surface area contributed by atoms with Gasteiger partial charge in [-0.15, -0.1) is 0 Å². The number of nitrogens with zero attached hydrogens (tertiary/aromatic N) is 2. The molecule has 2 aromatic carbocycles. The van der Waals surface area contributed by atoms with Crippen LogP contribution in [0.2, 0.25) is 0 Å². The van der Waals surface area contributed by atoms with Gasteiger partial charge in [-0.1, -0.05) is 25.1 Å². The fourth-order valence-electron chi connectivity index (χ4n) is 2.94. The standard InChI is InChI=1S/C20H20F3N3O2S/c1-3-29(27,28)15-8-9-18(16(10-15)19-12-26(2)13-25-19)24-11-14-6-4-5-7-17(14)20(21,22)23/h4-10,12-13,24H,3,11H2,1-2H3. The summed E-state index contributed by atoms with van der Waals surface area (Å²) in [6, 6.07) is 9.84. The highest BCUT2D eigenvalue weighted by molar-refractivity contribution is 7.91. The third-order valence-corrected chi connectivity index (χ3v) is 6.24. The first kappa shape index (κ1) is 20.9. The summed E-state index contributed by atoms with van der Waals surface area (Å²) < 4.78 is 65.9. The Morgan fingerprint density at radius 3 is 2.48 bits per heavy atom. The summed E-state index contributed by atoms with van der Waals surface area (Å²) in [5.41, 5.74) is 0.905. The molecular formula is C20H20F3N3O2S. The summed E-state index contributed by atoms with van der Waals surface area (Å²) in [6.07, 6.45) is -1.17. The Morgan fingerprint density at radius 1 is 1.14 bits per heavy atom. The van der Waals surface area contributed by atoms with Crippen LogP contribution in [0.15, 0.2) is 59.9 Å². The molecule has 0 radical (unpaired) electrons. The Labute approximate surface area is 167 Å². The number of benzene rings is 2. The molecule has 3 aromatic rings. The van der Waals surface area contributed by atoms with Crippen molar-refractivity contribution in [1.29, 1.82) is 0 Å². The van der Waals surface area contributed by atoms with Gasteiger partial charge in [-0.05, 0) is 29.8 Å². The Balaban J connectivity index is 2.00. The van der Waals surface area contributed by atoms with E-state index in [9.17, 15) is 21.6 Å². The summed E-state index contributed by atoms with van der Waals surface area (Å²) in [4.78, 5) is 4.40. The molecule has 9 heteroatoms. The molecule has 0 amide bonds. The zero-order valence-electron chi connectivity index (χ0n) is 15.9. The molecule has 0 aliphatic carbocycles. The van der Waals surface area contributed by atoms with Crippen molar-refractivity contribution in [3.63, 3.8) is 0 Å². The van der Waals surface area contributed by atoms with Crippen LogP contribution in [0.3, 0.4) is 0 Å². The molecule has 0 aliphatic rings. The zero-order valence-corrected chi connectivity index (χ0v) is 16.7. The van der Waals surface area contributed by atoms with Crippen molar-refractivity contribution in [3.8, 4) is 11.3 Å². The Morgan fingerprint density at radius 2 is 1.86 bits per heavy atom. The number of hydrogen-bond acceptors (Lipinski definition) is 4. The highest BCUT2D eigenvalue weighted by Gasteiger charge is 2.32. The van der Waals surface area contributed by atoms with Gasteiger partial charge in [-0.3, -0.25) is 0 Å². The smallest absolute Gasteiger partial charge is 0.380 e. The van der Waals surface area contributed by atoms with E-state index in [1.54, 1.807) is 43.2 Å². The van der Waals surface area contributed by atoms with Crippen molar-refractivity contribution in [2.24, 2.45) is 7.05 Å². The number of aromatic nitrogens is 2. The lowest BCUT2D eigenvalue weighted by atomic mass is 10.1. The van der Waals surface area contributed by atoms with Crippen molar-refractivity contribution in [2.75, 3.05) is 11.1 Å². The largest absolute Gasteiger partial charge is 0.416 e. The molecule has 0 saturated heterocycles. The van der Waals surface area contributed by atoms with Gasteiger partial charge < -0.3 is 9.88 Å². The van der Waals surface area contributed by atoms with E-state index in [2.05, 4.69) is 10.3 Å². The molecule has 0 bridgehead atoms. The molecular weight excluding hydrogens is 403 g/mol. The molecule has 0 unspecified atom stereocenters. The van der Waals surface area contributed by atoms with Crippen molar-refractivity contribution < 1.29 is 21.6 Å². The van der Waals surface area contributed by atoms with Gasteiger partial charge in [0.2, 0.25) is 0 Å². The van der Waals surface area contributed by atoms with Crippen LogP contribution in [-0.4, -0.2) is 23.7 Å². The van der Waals surface area contributed by atoms with Crippen molar-refractivity contribution in [1.82, 2.24) is 9.55 Å². The summed E-state index contributed by atoms with van der Waals surface area (Å²) in [6.45, 7) is 1.48. The first-order valence-corrected chi connectivity index (χ1v) is 10.5. The predicted octanol–water partition coefficient (Wildman–Crippen LogP) is 4.51. The number of hydrogen-bond donors (Lipinski definition) is 1. The van der Waals surface area contributed by atoms with Crippen molar-refractivity contribution in [3.05, 3.63) is 66.1 Å². The maximum atomic E-state index is 13.2. The SMILES string of the molecule is CCS(=O)(=O)c1ccc(NCc2ccccc2C(F)(F)F)c(-c2cn(C)cn2)c1. The van der Waals surface area contributed by atoms with Gasteiger partial charge in [-0.2, -0.15) is 13.2 Å². The van der Waals surface area contributed by atoms with Crippen molar-refractivity contribution >= 4 is 15.5 Å². The molecule has 1 N–H and O–H groups in total. The molecule has 1 aromatic heterocycles. The van der Waals surface area contributed by atoms with E-state index >= 15 is 0 Å². The minimum absolute atomic E-state index is 0.0552. The molecule has 3 rings (SSSR count). The zero-order chi connectivity index (χ0) is 21.2. The number of rotatable bonds is 6. The number of imidazole rings is 1. The van der Waals surface area contributed by atoms with Gasteiger partial charge in [0.05, 0.1) is 28.2 Å². The summed E-state index contributed by atoms with van der Waals surface area (Å²) in [7, 11) is -1.67.